The number of aryl methyl sites for hydroxylation is 1. The van der Waals surface area contributed by atoms with Crippen molar-refractivity contribution in [2.75, 3.05) is 19.7 Å². The van der Waals surface area contributed by atoms with E-state index in [-0.39, 0.29) is 32.0 Å². The van der Waals surface area contributed by atoms with Gasteiger partial charge in [0.2, 0.25) is 17.6 Å². The number of carbonyl (C=O) groups is 1. The number of rotatable bonds is 6. The van der Waals surface area contributed by atoms with Gasteiger partial charge >= 0.3 is 6.18 Å². The highest BCUT2D eigenvalue weighted by molar-refractivity contribution is 5.78. The van der Waals surface area contributed by atoms with Crippen LogP contribution in [-0.4, -0.2) is 61.6 Å². The van der Waals surface area contributed by atoms with Crippen LogP contribution in [0.5, 0.6) is 0 Å². The van der Waals surface area contributed by atoms with Crippen molar-refractivity contribution in [3.63, 3.8) is 0 Å². The first-order valence-corrected chi connectivity index (χ1v) is 9.45. The number of carbonyl (C=O) groups excluding carboxylic acids is 1. The molecule has 31 heavy (non-hydrogen) atoms. The SMILES string of the molecule is Cn1cnnc1COCC(=O)N1CCC(c2nc(-c3ccccc3)no2)(C(F)(F)F)C1. The Hall–Kier alpha value is -3.28. The van der Waals surface area contributed by atoms with Crippen molar-refractivity contribution in [3.8, 4) is 11.4 Å². The van der Waals surface area contributed by atoms with Crippen LogP contribution in [0.15, 0.2) is 41.2 Å². The van der Waals surface area contributed by atoms with Gasteiger partial charge in [-0.1, -0.05) is 35.5 Å². The van der Waals surface area contributed by atoms with Crippen LogP contribution in [0, 0.1) is 0 Å². The highest BCUT2D eigenvalue weighted by atomic mass is 19.4. The van der Waals surface area contributed by atoms with Gasteiger partial charge in [0, 0.05) is 25.7 Å². The third-order valence-corrected chi connectivity index (χ3v) is 5.29. The van der Waals surface area contributed by atoms with Crippen molar-refractivity contribution < 1.29 is 27.2 Å². The number of halogens is 3. The van der Waals surface area contributed by atoms with E-state index in [1.807, 2.05) is 0 Å². The molecule has 0 bridgehead atoms. The molecule has 12 heteroatoms. The lowest BCUT2D eigenvalue weighted by Crippen LogP contribution is -2.46. The maximum Gasteiger partial charge on any atom is 0.405 e. The van der Waals surface area contributed by atoms with Crippen LogP contribution in [0.2, 0.25) is 0 Å². The van der Waals surface area contributed by atoms with Gasteiger partial charge in [0.15, 0.2) is 11.2 Å². The number of aromatic nitrogens is 5. The maximum atomic E-state index is 14.1. The summed E-state index contributed by atoms with van der Waals surface area (Å²) in [5.41, 5.74) is -1.88. The zero-order valence-corrected chi connectivity index (χ0v) is 16.5. The van der Waals surface area contributed by atoms with Gasteiger partial charge in [0.05, 0.1) is 0 Å². The minimum atomic E-state index is -4.68. The summed E-state index contributed by atoms with van der Waals surface area (Å²) >= 11 is 0. The first kappa shape index (κ1) is 21.0. The summed E-state index contributed by atoms with van der Waals surface area (Å²) in [4.78, 5) is 17.6. The molecule has 9 nitrogen and oxygen atoms in total. The summed E-state index contributed by atoms with van der Waals surface area (Å²) in [7, 11) is 1.72. The van der Waals surface area contributed by atoms with Gasteiger partial charge in [-0.25, -0.2) is 0 Å². The molecule has 1 amide bonds. The molecular formula is C19H19F3N6O3. The number of likely N-dealkylation sites (tertiary alicyclic amines) is 1. The minimum Gasteiger partial charge on any atom is -0.364 e. The minimum absolute atomic E-state index is 0.0184. The smallest absolute Gasteiger partial charge is 0.364 e. The van der Waals surface area contributed by atoms with Crippen LogP contribution >= 0.6 is 0 Å². The molecule has 3 aromatic rings. The lowest BCUT2D eigenvalue weighted by Gasteiger charge is -2.27. The van der Waals surface area contributed by atoms with Gasteiger partial charge in [-0.3, -0.25) is 4.79 Å². The third kappa shape index (κ3) is 4.02. The standard InChI is InChI=1S/C19H19F3N6O3/c1-27-12-23-25-14(27)9-30-10-15(29)28-8-7-18(11-28,19(20,21)22)17-24-16(26-31-17)13-5-3-2-4-6-13/h2-6,12H,7-11H2,1H3. The molecule has 1 aliphatic heterocycles. The third-order valence-electron chi connectivity index (χ3n) is 5.29. The summed E-state index contributed by atoms with van der Waals surface area (Å²) in [6.07, 6.45) is -3.57. The van der Waals surface area contributed by atoms with E-state index in [0.717, 1.165) is 4.90 Å². The number of benzene rings is 1. The molecule has 1 saturated heterocycles. The van der Waals surface area contributed by atoms with Crippen molar-refractivity contribution >= 4 is 5.91 Å². The predicted molar refractivity (Wildman–Crippen MR) is 99.3 cm³/mol. The second kappa shape index (κ2) is 8.10. The molecule has 4 rings (SSSR count). The molecule has 0 N–H and O–H groups in total. The van der Waals surface area contributed by atoms with Crippen LogP contribution in [0.25, 0.3) is 11.4 Å². The fourth-order valence-electron chi connectivity index (χ4n) is 3.43. The maximum absolute atomic E-state index is 14.1. The zero-order valence-electron chi connectivity index (χ0n) is 16.5. The first-order chi connectivity index (χ1) is 14.8. The quantitative estimate of drug-likeness (QED) is 0.584. The zero-order chi connectivity index (χ0) is 22.1. The second-order valence-corrected chi connectivity index (χ2v) is 7.29. The number of nitrogens with zero attached hydrogens (tertiary/aromatic N) is 6. The molecule has 0 radical (unpaired) electrons. The number of amides is 1. The van der Waals surface area contributed by atoms with Crippen LogP contribution in [0.3, 0.4) is 0 Å². The average Bonchev–Trinajstić information content (AvgIpc) is 3.48. The highest BCUT2D eigenvalue weighted by Gasteiger charge is 2.63. The Labute approximate surface area is 174 Å². The summed E-state index contributed by atoms with van der Waals surface area (Å²) in [6.45, 7) is -1.07. The van der Waals surface area contributed by atoms with E-state index < -0.39 is 29.9 Å². The summed E-state index contributed by atoms with van der Waals surface area (Å²) in [5.74, 6) is -0.542. The Kier molecular flexibility index (Phi) is 5.48. The average molecular weight is 436 g/mol. The van der Waals surface area contributed by atoms with Crippen LogP contribution in [0.4, 0.5) is 13.2 Å². The molecule has 164 valence electrons. The molecule has 2 aromatic heterocycles. The second-order valence-electron chi connectivity index (χ2n) is 7.29. The Morgan fingerprint density at radius 3 is 2.74 bits per heavy atom. The number of alkyl halides is 3. The largest absolute Gasteiger partial charge is 0.405 e. The van der Waals surface area contributed by atoms with E-state index in [9.17, 15) is 18.0 Å². The van der Waals surface area contributed by atoms with Crippen LogP contribution < -0.4 is 0 Å². The van der Waals surface area contributed by atoms with E-state index >= 15 is 0 Å². The van der Waals surface area contributed by atoms with Gasteiger partial charge in [0.1, 0.15) is 19.5 Å². The fraction of sp³-hybridized carbons (Fsp3) is 0.421. The Morgan fingerprint density at radius 2 is 2.06 bits per heavy atom. The highest BCUT2D eigenvalue weighted by Crippen LogP contribution is 2.47. The molecule has 1 aliphatic rings. The van der Waals surface area contributed by atoms with E-state index in [2.05, 4.69) is 20.3 Å². The fourth-order valence-corrected chi connectivity index (χ4v) is 3.43. The van der Waals surface area contributed by atoms with E-state index in [0.29, 0.717) is 11.4 Å². The first-order valence-electron chi connectivity index (χ1n) is 9.45. The number of hydrogen-bond donors (Lipinski definition) is 0. The summed E-state index contributed by atoms with van der Waals surface area (Å²) in [5, 5.41) is 11.2. The molecule has 1 unspecified atom stereocenters. The Morgan fingerprint density at radius 1 is 1.29 bits per heavy atom. The molecule has 0 aliphatic carbocycles. The number of hydrogen-bond acceptors (Lipinski definition) is 7. The molecule has 1 fully saturated rings. The van der Waals surface area contributed by atoms with Crippen molar-refractivity contribution in [2.24, 2.45) is 7.05 Å². The van der Waals surface area contributed by atoms with Gasteiger partial charge in [0.25, 0.3) is 0 Å². The van der Waals surface area contributed by atoms with E-state index in [1.165, 1.54) is 6.33 Å². The van der Waals surface area contributed by atoms with Crippen molar-refractivity contribution in [1.29, 1.82) is 0 Å². The van der Waals surface area contributed by atoms with E-state index in [4.69, 9.17) is 9.26 Å². The van der Waals surface area contributed by atoms with Gasteiger partial charge in [-0.2, -0.15) is 18.2 Å². The Bertz CT molecular complexity index is 1050. The Balaban J connectivity index is 1.47. The monoisotopic (exact) mass is 436 g/mol. The van der Waals surface area contributed by atoms with Gasteiger partial charge < -0.3 is 18.7 Å². The lowest BCUT2D eigenvalue weighted by atomic mass is 9.86. The van der Waals surface area contributed by atoms with Crippen molar-refractivity contribution in [2.45, 2.75) is 24.6 Å². The molecule has 1 atom stereocenters. The van der Waals surface area contributed by atoms with Crippen molar-refractivity contribution in [1.82, 2.24) is 29.8 Å². The molecule has 0 saturated carbocycles. The lowest BCUT2D eigenvalue weighted by molar-refractivity contribution is -0.194. The predicted octanol–water partition coefficient (Wildman–Crippen LogP) is 2.11. The van der Waals surface area contributed by atoms with Crippen LogP contribution in [-0.2, 0) is 28.6 Å². The van der Waals surface area contributed by atoms with Gasteiger partial charge in [-0.15, -0.1) is 10.2 Å². The van der Waals surface area contributed by atoms with Crippen LogP contribution in [0.1, 0.15) is 18.1 Å². The molecular weight excluding hydrogens is 417 g/mol. The number of ether oxygens (including phenoxy) is 1. The van der Waals surface area contributed by atoms with Gasteiger partial charge in [-0.05, 0) is 6.42 Å². The van der Waals surface area contributed by atoms with Crippen molar-refractivity contribution in [3.05, 3.63) is 48.4 Å². The summed E-state index contributed by atoms with van der Waals surface area (Å²) < 4.78 is 54.3. The van der Waals surface area contributed by atoms with E-state index in [1.54, 1.807) is 41.9 Å². The normalized spacial score (nSPS) is 19.2. The topological polar surface area (TPSA) is 99.2 Å². The molecule has 3 heterocycles. The summed E-state index contributed by atoms with van der Waals surface area (Å²) in [6, 6.07) is 8.57. The molecule has 1 aromatic carbocycles. The molecule has 0 spiro atoms.